The van der Waals surface area contributed by atoms with Gasteiger partial charge in [0.25, 0.3) is 11.2 Å². The van der Waals surface area contributed by atoms with E-state index in [1.54, 1.807) is 12.1 Å². The van der Waals surface area contributed by atoms with E-state index < -0.39 is 11.9 Å². The van der Waals surface area contributed by atoms with Gasteiger partial charge in [-0.25, -0.2) is 0 Å². The molecule has 0 bridgehead atoms. The van der Waals surface area contributed by atoms with E-state index >= 15 is 0 Å². The predicted octanol–water partition coefficient (Wildman–Crippen LogP) is 6.49. The molecular weight excluding hydrogens is 460 g/mol. The summed E-state index contributed by atoms with van der Waals surface area (Å²) in [5.74, 6) is -0.829. The molecule has 0 radical (unpaired) electrons. The summed E-state index contributed by atoms with van der Waals surface area (Å²) >= 11 is 0. The van der Waals surface area contributed by atoms with Crippen molar-refractivity contribution < 1.29 is 23.5 Å². The van der Waals surface area contributed by atoms with E-state index in [0.717, 1.165) is 51.4 Å². The van der Waals surface area contributed by atoms with Crippen LogP contribution in [0.3, 0.4) is 0 Å². The number of carbonyl (C=O) groups excluding carboxylic acids is 2. The number of carbonyl (C=O) groups is 2. The number of hydrogen-bond acceptors (Lipinski definition) is 6. The van der Waals surface area contributed by atoms with Crippen molar-refractivity contribution in [2.24, 2.45) is 0 Å². The number of nitrogens with zero attached hydrogens (tertiary/aromatic N) is 2. The molecule has 8 nitrogen and oxygen atoms in total. The molecule has 0 aliphatic carbocycles. The molecule has 36 heavy (non-hydrogen) atoms. The molecule has 0 atom stereocenters. The highest BCUT2D eigenvalue weighted by molar-refractivity contribution is 5.73. The average Bonchev–Trinajstić information content (AvgIpc) is 2.88. The summed E-state index contributed by atoms with van der Waals surface area (Å²) in [5, 5.41) is 13.0. The van der Waals surface area contributed by atoms with Crippen molar-refractivity contribution in [1.29, 1.82) is 0 Å². The van der Waals surface area contributed by atoms with Crippen molar-refractivity contribution >= 4 is 23.0 Å². The molecule has 200 valence electrons. The van der Waals surface area contributed by atoms with Gasteiger partial charge < -0.3 is 19.4 Å². The molecule has 8 heteroatoms. The number of aromatic nitrogens is 2. The maximum atomic E-state index is 13.0. The Balaban J connectivity index is 2.01. The van der Waals surface area contributed by atoms with Gasteiger partial charge in [-0.15, -0.1) is 0 Å². The Labute approximate surface area is 214 Å². The van der Waals surface area contributed by atoms with Crippen molar-refractivity contribution in [1.82, 2.24) is 4.73 Å². The molecule has 0 unspecified atom stereocenters. The molecule has 0 saturated carbocycles. The average molecular weight is 503 g/mol. The normalized spacial score (nSPS) is 11.1. The molecule has 1 heterocycles. The molecule has 0 spiro atoms. The third-order valence-corrected chi connectivity index (χ3v) is 6.35. The minimum Gasteiger partial charge on any atom is -0.805 e. The van der Waals surface area contributed by atoms with Gasteiger partial charge in [0.05, 0.1) is 4.43 Å². The Morgan fingerprint density at radius 2 is 1.28 bits per heavy atom. The quantitative estimate of drug-likeness (QED) is 0.131. The zero-order chi connectivity index (χ0) is 26.2. The van der Waals surface area contributed by atoms with Crippen molar-refractivity contribution in [3.63, 3.8) is 0 Å². The molecule has 0 aliphatic heterocycles. The lowest BCUT2D eigenvalue weighted by molar-refractivity contribution is -0.479. The number of esters is 2. The van der Waals surface area contributed by atoms with Gasteiger partial charge in [-0.05, 0) is 18.9 Å². The van der Waals surface area contributed by atoms with Crippen LogP contribution in [0.4, 0.5) is 0 Å². The molecular formula is C28H42N2O6. The topological polar surface area (TPSA) is 104 Å². The highest BCUT2D eigenvalue weighted by Crippen LogP contribution is 2.17. The summed E-state index contributed by atoms with van der Waals surface area (Å²) in [6, 6.07) is 6.38. The van der Waals surface area contributed by atoms with Crippen LogP contribution in [0.1, 0.15) is 115 Å². The van der Waals surface area contributed by atoms with Crippen LogP contribution in [-0.2, 0) is 32.3 Å². The van der Waals surface area contributed by atoms with Crippen LogP contribution in [0.25, 0.3) is 11.0 Å². The van der Waals surface area contributed by atoms with E-state index in [9.17, 15) is 19.7 Å². The fourth-order valence-corrected chi connectivity index (χ4v) is 4.16. The first kappa shape index (κ1) is 29.3. The first-order valence-electron chi connectivity index (χ1n) is 13.6. The molecule has 2 aromatic rings. The Hall–Kier alpha value is -2.90. The number of unbranched alkanes of at least 4 members (excludes halogenated alkanes) is 10. The monoisotopic (exact) mass is 502 g/mol. The summed E-state index contributed by atoms with van der Waals surface area (Å²) in [6.45, 7) is 3.61. The minimum absolute atomic E-state index is 0.0210. The number of para-hydroxylation sites is 2. The summed E-state index contributed by atoms with van der Waals surface area (Å²) in [7, 11) is 0. The Morgan fingerprint density at radius 3 is 1.86 bits per heavy atom. The SMILES string of the molecule is CCCCCCCCC(=O)OCc1c(COC(=O)CCCCCCCC)[n+](=O)c2ccccc2n1[O-]. The Morgan fingerprint density at radius 1 is 0.778 bits per heavy atom. The molecule has 2 rings (SSSR count). The van der Waals surface area contributed by atoms with Crippen LogP contribution in [0, 0.1) is 10.1 Å². The predicted molar refractivity (Wildman–Crippen MR) is 140 cm³/mol. The summed E-state index contributed by atoms with van der Waals surface area (Å²) in [4.78, 5) is 37.6. The van der Waals surface area contributed by atoms with Crippen LogP contribution in [-0.4, -0.2) is 16.7 Å². The lowest BCUT2D eigenvalue weighted by atomic mass is 10.1. The summed E-state index contributed by atoms with van der Waals surface area (Å²) in [5.41, 5.74) is 0.285. The molecule has 0 aliphatic rings. The Bertz CT molecular complexity index is 1020. The molecule has 0 saturated heterocycles. The second-order valence-corrected chi connectivity index (χ2v) is 9.33. The van der Waals surface area contributed by atoms with Crippen LogP contribution in [0.5, 0.6) is 0 Å². The number of rotatable bonds is 18. The third kappa shape index (κ3) is 9.63. The maximum Gasteiger partial charge on any atom is 0.306 e. The maximum absolute atomic E-state index is 13.0. The van der Waals surface area contributed by atoms with E-state index in [2.05, 4.69) is 13.8 Å². The smallest absolute Gasteiger partial charge is 0.306 e. The lowest BCUT2D eigenvalue weighted by Crippen LogP contribution is -2.30. The van der Waals surface area contributed by atoms with Gasteiger partial charge in [-0.3, -0.25) is 9.59 Å². The fraction of sp³-hybridized carbons (Fsp3) is 0.643. The molecule has 0 fully saturated rings. The van der Waals surface area contributed by atoms with Crippen molar-refractivity contribution in [2.75, 3.05) is 0 Å². The first-order valence-corrected chi connectivity index (χ1v) is 13.6. The van der Waals surface area contributed by atoms with E-state index in [-0.39, 0.29) is 48.5 Å². The van der Waals surface area contributed by atoms with E-state index in [4.69, 9.17) is 9.47 Å². The van der Waals surface area contributed by atoms with Gasteiger partial charge in [-0.1, -0.05) is 90.2 Å². The fourth-order valence-electron chi connectivity index (χ4n) is 4.16. The molecule has 1 aromatic heterocycles. The second kappa shape index (κ2) is 16.7. The highest BCUT2D eigenvalue weighted by Gasteiger charge is 2.24. The number of benzene rings is 1. The van der Waals surface area contributed by atoms with Crippen LogP contribution >= 0.6 is 0 Å². The van der Waals surface area contributed by atoms with E-state index in [1.165, 1.54) is 37.8 Å². The minimum atomic E-state index is -0.415. The molecule has 0 amide bonds. The van der Waals surface area contributed by atoms with Crippen LogP contribution < -0.4 is 4.43 Å². The third-order valence-electron chi connectivity index (χ3n) is 6.35. The van der Waals surface area contributed by atoms with E-state index in [1.807, 2.05) is 0 Å². The molecule has 0 N–H and O–H groups in total. The van der Waals surface area contributed by atoms with Gasteiger partial charge >= 0.3 is 11.9 Å². The van der Waals surface area contributed by atoms with E-state index in [0.29, 0.717) is 9.16 Å². The first-order chi connectivity index (χ1) is 17.5. The lowest BCUT2D eigenvalue weighted by Gasteiger charge is -2.19. The summed E-state index contributed by atoms with van der Waals surface area (Å²) in [6.07, 6.45) is 13.1. The van der Waals surface area contributed by atoms with Gasteiger partial charge in [0, 0.05) is 23.8 Å². The van der Waals surface area contributed by atoms with Gasteiger partial charge in [0.1, 0.15) is 17.8 Å². The summed E-state index contributed by atoms with van der Waals surface area (Å²) < 4.78 is 11.9. The van der Waals surface area contributed by atoms with Gasteiger partial charge in [-0.2, -0.15) is 0 Å². The van der Waals surface area contributed by atoms with Gasteiger partial charge in [0.2, 0.25) is 0 Å². The number of fused-ring (bicyclic) bond motifs is 1. The van der Waals surface area contributed by atoms with Crippen molar-refractivity contribution in [3.8, 4) is 0 Å². The second-order valence-electron chi connectivity index (χ2n) is 9.33. The zero-order valence-electron chi connectivity index (χ0n) is 22.0. The number of ether oxygens (including phenoxy) is 2. The zero-order valence-corrected chi connectivity index (χ0v) is 22.0. The standard InChI is InChI=1S/C28H42N2O6/c1-3-5-7-9-11-13-19-27(31)35-21-25-26(22-36-28(32)20-14-12-10-8-6-4-2)30(34)24-18-16-15-17-23(24)29(25)33/h15-18H,3-14,19-22H2,1-2H3. The van der Waals surface area contributed by atoms with Crippen LogP contribution in [0.2, 0.25) is 0 Å². The van der Waals surface area contributed by atoms with Crippen LogP contribution in [0.15, 0.2) is 24.3 Å². The largest absolute Gasteiger partial charge is 0.805 e. The number of hydrogen-bond donors (Lipinski definition) is 0. The molecule has 1 aromatic carbocycles. The highest BCUT2D eigenvalue weighted by atomic mass is 16.5. The van der Waals surface area contributed by atoms with Crippen molar-refractivity contribution in [3.05, 3.63) is 45.8 Å². The van der Waals surface area contributed by atoms with Gasteiger partial charge in [0.15, 0.2) is 6.61 Å². The Kier molecular flexibility index (Phi) is 13.6. The van der Waals surface area contributed by atoms with Crippen molar-refractivity contribution in [2.45, 2.75) is 117 Å².